The van der Waals surface area contributed by atoms with Crippen LogP contribution in [0, 0.1) is 12.8 Å². The lowest BCUT2D eigenvalue weighted by molar-refractivity contribution is -0.143. The monoisotopic (exact) mass is 324 g/mol. The fraction of sp³-hybridized carbons (Fsp3) is 0.375. The number of nitrogens with zero attached hydrogens (tertiary/aromatic N) is 2. The third kappa shape index (κ3) is 3.23. The smallest absolute Gasteiger partial charge is 0.407 e. The maximum Gasteiger partial charge on any atom is 0.435 e. The number of carbonyl (C=O) groups excluding carboxylic acids is 1. The zero-order valence-corrected chi connectivity index (χ0v) is 12.4. The molecule has 0 bridgehead atoms. The molecule has 1 saturated carbocycles. The van der Waals surface area contributed by atoms with Crippen molar-refractivity contribution in [3.63, 3.8) is 0 Å². The Hall–Kier alpha value is -2.31. The minimum absolute atomic E-state index is 0.208. The average Bonchev–Trinajstić information content (AvgIpc) is 2.80. The number of ether oxygens (including phenoxy) is 1. The van der Waals surface area contributed by atoms with E-state index in [9.17, 15) is 18.0 Å². The number of aromatic nitrogens is 2. The summed E-state index contributed by atoms with van der Waals surface area (Å²) in [5, 5.41) is 3.56. The van der Waals surface area contributed by atoms with Crippen LogP contribution in [0.15, 0.2) is 30.3 Å². The number of hydrogen-bond donors (Lipinski definition) is 0. The molecule has 4 nitrogen and oxygen atoms in total. The number of carbonyl (C=O) groups is 1. The first-order valence-corrected chi connectivity index (χ1v) is 7.30. The van der Waals surface area contributed by atoms with Crippen molar-refractivity contribution in [1.82, 2.24) is 9.78 Å². The van der Waals surface area contributed by atoms with E-state index in [2.05, 4.69) is 5.10 Å². The van der Waals surface area contributed by atoms with Gasteiger partial charge in [0.25, 0.3) is 0 Å². The van der Waals surface area contributed by atoms with Gasteiger partial charge in [0.15, 0.2) is 5.69 Å². The minimum atomic E-state index is -4.60. The lowest BCUT2D eigenvalue weighted by atomic mass is 9.86. The van der Waals surface area contributed by atoms with Crippen molar-refractivity contribution in [3.8, 4) is 11.6 Å². The molecule has 1 aliphatic carbocycles. The van der Waals surface area contributed by atoms with E-state index in [1.807, 2.05) is 13.0 Å². The van der Waals surface area contributed by atoms with Crippen LogP contribution in [0.2, 0.25) is 0 Å². The Balaban J connectivity index is 1.98. The summed E-state index contributed by atoms with van der Waals surface area (Å²) in [6.45, 7) is 1.82. The highest BCUT2D eigenvalue weighted by Crippen LogP contribution is 2.34. The van der Waals surface area contributed by atoms with E-state index in [0.29, 0.717) is 18.5 Å². The Labute approximate surface area is 130 Å². The lowest BCUT2D eigenvalue weighted by Crippen LogP contribution is -2.27. The normalized spacial score (nSPS) is 15.3. The van der Waals surface area contributed by atoms with Crippen LogP contribution in [-0.2, 0) is 11.0 Å². The minimum Gasteiger partial charge on any atom is -0.407 e. The van der Waals surface area contributed by atoms with E-state index < -0.39 is 17.8 Å². The highest BCUT2D eigenvalue weighted by molar-refractivity contribution is 5.75. The van der Waals surface area contributed by atoms with Crippen molar-refractivity contribution < 1.29 is 22.7 Å². The number of aryl methyl sites for hydroxylation is 1. The van der Waals surface area contributed by atoms with Gasteiger partial charge in [-0.2, -0.15) is 18.3 Å². The molecular weight excluding hydrogens is 309 g/mol. The summed E-state index contributed by atoms with van der Waals surface area (Å²) in [6, 6.07) is 7.57. The molecule has 1 heterocycles. The number of esters is 1. The summed E-state index contributed by atoms with van der Waals surface area (Å²) in [5.41, 5.74) is 0.190. The molecule has 0 aliphatic heterocycles. The predicted molar refractivity (Wildman–Crippen MR) is 76.3 cm³/mol. The SMILES string of the molecule is Cc1cccc(-n2nc(C(F)(F)F)cc2OC(=O)C2CCC2)c1. The first-order chi connectivity index (χ1) is 10.8. The maximum atomic E-state index is 12.9. The molecule has 1 aromatic carbocycles. The zero-order valence-electron chi connectivity index (χ0n) is 12.4. The highest BCUT2D eigenvalue weighted by Gasteiger charge is 2.36. The standard InChI is InChI=1S/C16H15F3N2O2/c1-10-4-2-7-12(8-10)21-14(9-13(20-21)16(17,18)19)23-15(22)11-5-3-6-11/h2,4,7-9,11H,3,5-6H2,1H3. The molecule has 122 valence electrons. The van der Waals surface area contributed by atoms with E-state index in [1.165, 1.54) is 0 Å². The van der Waals surface area contributed by atoms with Crippen LogP contribution in [0.5, 0.6) is 5.88 Å². The molecular formula is C16H15F3N2O2. The van der Waals surface area contributed by atoms with Crippen LogP contribution in [0.25, 0.3) is 5.69 Å². The molecule has 0 amide bonds. The largest absolute Gasteiger partial charge is 0.435 e. The molecule has 0 N–H and O–H groups in total. The second-order valence-electron chi connectivity index (χ2n) is 5.67. The van der Waals surface area contributed by atoms with Gasteiger partial charge < -0.3 is 4.74 Å². The Morgan fingerprint density at radius 1 is 1.30 bits per heavy atom. The van der Waals surface area contributed by atoms with Crippen LogP contribution >= 0.6 is 0 Å². The van der Waals surface area contributed by atoms with Crippen LogP contribution in [-0.4, -0.2) is 15.7 Å². The summed E-state index contributed by atoms with van der Waals surface area (Å²) in [6.07, 6.45) is -2.25. The van der Waals surface area contributed by atoms with Crippen LogP contribution in [0.3, 0.4) is 0 Å². The molecule has 1 aromatic heterocycles. The van der Waals surface area contributed by atoms with Gasteiger partial charge in [0.2, 0.25) is 5.88 Å². The topological polar surface area (TPSA) is 44.1 Å². The molecule has 2 aromatic rings. The van der Waals surface area contributed by atoms with Gasteiger partial charge in [0, 0.05) is 6.07 Å². The summed E-state index contributed by atoms with van der Waals surface area (Å²) in [4.78, 5) is 12.0. The molecule has 0 radical (unpaired) electrons. The number of benzene rings is 1. The second kappa shape index (κ2) is 5.72. The summed E-state index contributed by atoms with van der Waals surface area (Å²) in [7, 11) is 0. The van der Waals surface area contributed by atoms with Gasteiger partial charge in [-0.15, -0.1) is 0 Å². The van der Waals surface area contributed by atoms with Crippen molar-refractivity contribution in [2.24, 2.45) is 5.92 Å². The van der Waals surface area contributed by atoms with Crippen molar-refractivity contribution >= 4 is 5.97 Å². The first-order valence-electron chi connectivity index (χ1n) is 7.30. The van der Waals surface area contributed by atoms with E-state index in [4.69, 9.17) is 4.74 Å². The lowest BCUT2D eigenvalue weighted by Gasteiger charge is -2.22. The van der Waals surface area contributed by atoms with Gasteiger partial charge in [0.1, 0.15) is 0 Å². The van der Waals surface area contributed by atoms with E-state index in [0.717, 1.165) is 22.7 Å². The quantitative estimate of drug-likeness (QED) is 0.804. The Morgan fingerprint density at radius 2 is 2.04 bits per heavy atom. The van der Waals surface area contributed by atoms with E-state index in [1.54, 1.807) is 18.2 Å². The van der Waals surface area contributed by atoms with Crippen molar-refractivity contribution in [2.45, 2.75) is 32.4 Å². The maximum absolute atomic E-state index is 12.9. The molecule has 0 unspecified atom stereocenters. The summed E-state index contributed by atoms with van der Waals surface area (Å²) >= 11 is 0. The molecule has 23 heavy (non-hydrogen) atoms. The van der Waals surface area contributed by atoms with Gasteiger partial charge in [-0.05, 0) is 37.5 Å². The fourth-order valence-electron chi connectivity index (χ4n) is 2.35. The third-order valence-electron chi connectivity index (χ3n) is 3.86. The number of rotatable bonds is 3. The summed E-state index contributed by atoms with van der Waals surface area (Å²) in [5.74, 6) is -0.941. The van der Waals surface area contributed by atoms with Gasteiger partial charge in [0.05, 0.1) is 11.6 Å². The molecule has 3 rings (SSSR count). The Bertz CT molecular complexity index is 733. The molecule has 0 saturated heterocycles. The number of halogens is 3. The van der Waals surface area contributed by atoms with Gasteiger partial charge in [-0.25, -0.2) is 4.68 Å². The fourth-order valence-corrected chi connectivity index (χ4v) is 2.35. The molecule has 0 spiro atoms. The first kappa shape index (κ1) is 15.6. The van der Waals surface area contributed by atoms with Crippen LogP contribution < -0.4 is 4.74 Å². The molecule has 1 aliphatic rings. The average molecular weight is 324 g/mol. The third-order valence-corrected chi connectivity index (χ3v) is 3.86. The Morgan fingerprint density at radius 3 is 2.61 bits per heavy atom. The second-order valence-corrected chi connectivity index (χ2v) is 5.67. The zero-order chi connectivity index (χ0) is 16.6. The van der Waals surface area contributed by atoms with E-state index in [-0.39, 0.29) is 11.8 Å². The van der Waals surface area contributed by atoms with Gasteiger partial charge >= 0.3 is 12.1 Å². The van der Waals surface area contributed by atoms with Crippen molar-refractivity contribution in [3.05, 3.63) is 41.6 Å². The van der Waals surface area contributed by atoms with Crippen LogP contribution in [0.4, 0.5) is 13.2 Å². The molecule has 7 heteroatoms. The van der Waals surface area contributed by atoms with Crippen LogP contribution in [0.1, 0.15) is 30.5 Å². The number of alkyl halides is 3. The Kier molecular flexibility index (Phi) is 3.87. The van der Waals surface area contributed by atoms with Gasteiger partial charge in [-0.3, -0.25) is 4.79 Å². The summed E-state index contributed by atoms with van der Waals surface area (Å²) < 4.78 is 45.0. The van der Waals surface area contributed by atoms with Gasteiger partial charge in [-0.1, -0.05) is 18.6 Å². The van der Waals surface area contributed by atoms with Crippen molar-refractivity contribution in [1.29, 1.82) is 0 Å². The molecule has 1 fully saturated rings. The highest BCUT2D eigenvalue weighted by atomic mass is 19.4. The predicted octanol–water partition coefficient (Wildman–Crippen LogP) is 3.91. The van der Waals surface area contributed by atoms with E-state index >= 15 is 0 Å². The van der Waals surface area contributed by atoms with Crippen molar-refractivity contribution in [2.75, 3.05) is 0 Å². The molecule has 0 atom stereocenters. The number of hydrogen-bond acceptors (Lipinski definition) is 3.